The number of nitrogens with zero attached hydrogens (tertiary/aromatic N) is 2. The predicted octanol–water partition coefficient (Wildman–Crippen LogP) is 6.08. The van der Waals surface area contributed by atoms with Gasteiger partial charge in [-0.2, -0.15) is 0 Å². The number of rotatable bonds is 9. The highest BCUT2D eigenvalue weighted by Gasteiger charge is 2.14. The summed E-state index contributed by atoms with van der Waals surface area (Å²) in [7, 11) is 0. The first-order valence-corrected chi connectivity index (χ1v) is 12.7. The summed E-state index contributed by atoms with van der Waals surface area (Å²) in [6, 6.07) is 24.6. The van der Waals surface area contributed by atoms with E-state index in [1.807, 2.05) is 37.3 Å². The first-order valence-electron chi connectivity index (χ1n) is 10.9. The molecule has 0 unspecified atom stereocenters. The lowest BCUT2D eigenvalue weighted by atomic mass is 10.1. The number of thioether (sulfide) groups is 1. The number of carbonyl (C=O) groups excluding carboxylic acids is 2. The molecule has 2 amide bonds. The number of anilines is 2. The average molecular weight is 489 g/mol. The Labute approximate surface area is 206 Å². The van der Waals surface area contributed by atoms with Crippen LogP contribution < -0.4 is 10.6 Å². The van der Waals surface area contributed by atoms with Crippen molar-refractivity contribution < 1.29 is 9.59 Å². The molecule has 0 fully saturated rings. The summed E-state index contributed by atoms with van der Waals surface area (Å²) in [6.07, 6.45) is 2.06. The quantitative estimate of drug-likeness (QED) is 0.170. The summed E-state index contributed by atoms with van der Waals surface area (Å²) in [5.41, 5.74) is 3.77. The van der Waals surface area contributed by atoms with Gasteiger partial charge in [0.25, 0.3) is 11.8 Å². The third-order valence-electron chi connectivity index (χ3n) is 5.09. The van der Waals surface area contributed by atoms with Crippen molar-refractivity contribution in [1.29, 1.82) is 0 Å². The molecule has 0 aliphatic rings. The molecule has 0 saturated heterocycles. The molecule has 0 saturated carbocycles. The molecule has 4 aromatic rings. The Morgan fingerprint density at radius 2 is 1.56 bits per heavy atom. The minimum absolute atomic E-state index is 0.223. The van der Waals surface area contributed by atoms with Crippen LogP contribution in [0.2, 0.25) is 0 Å². The van der Waals surface area contributed by atoms with Gasteiger partial charge in [-0.25, -0.2) is 0 Å². The van der Waals surface area contributed by atoms with Gasteiger partial charge >= 0.3 is 0 Å². The maximum absolute atomic E-state index is 12.8. The number of aromatic nitrogens is 2. The molecule has 0 aliphatic heterocycles. The monoisotopic (exact) mass is 488 g/mol. The number of aryl methyl sites for hydroxylation is 2. The van der Waals surface area contributed by atoms with E-state index < -0.39 is 0 Å². The van der Waals surface area contributed by atoms with E-state index in [1.54, 1.807) is 36.0 Å². The highest BCUT2D eigenvalue weighted by Crippen LogP contribution is 2.27. The molecule has 6 nitrogen and oxygen atoms in total. The van der Waals surface area contributed by atoms with Crippen molar-refractivity contribution in [3.63, 3.8) is 0 Å². The summed E-state index contributed by atoms with van der Waals surface area (Å²) < 4.78 is 0.822. The third kappa shape index (κ3) is 6.52. The van der Waals surface area contributed by atoms with E-state index in [4.69, 9.17) is 0 Å². The van der Waals surface area contributed by atoms with E-state index in [2.05, 4.69) is 45.1 Å². The number of benzene rings is 3. The van der Waals surface area contributed by atoms with Gasteiger partial charge in [0.2, 0.25) is 5.13 Å². The highest BCUT2D eigenvalue weighted by atomic mass is 32.2. The number of amides is 2. The largest absolute Gasteiger partial charge is 0.322 e. The Bertz CT molecular complexity index is 1260. The maximum atomic E-state index is 12.8. The SMILES string of the molecule is Cc1ccc(C(=O)Nc2nnc(SCCCc3ccccc3)s2)cc1NC(=O)c1ccccc1. The molecule has 2 N–H and O–H groups in total. The zero-order chi connectivity index (χ0) is 23.8. The van der Waals surface area contributed by atoms with Crippen LogP contribution in [0.4, 0.5) is 10.8 Å². The van der Waals surface area contributed by atoms with E-state index in [9.17, 15) is 9.59 Å². The van der Waals surface area contributed by atoms with Crippen molar-refractivity contribution in [2.24, 2.45) is 0 Å². The fourth-order valence-electron chi connectivity index (χ4n) is 3.25. The van der Waals surface area contributed by atoms with Crippen molar-refractivity contribution in [2.45, 2.75) is 24.1 Å². The molecule has 0 bridgehead atoms. The number of hydrogen-bond acceptors (Lipinski definition) is 6. The first kappa shape index (κ1) is 23.7. The molecule has 3 aromatic carbocycles. The van der Waals surface area contributed by atoms with Crippen LogP contribution in [0.15, 0.2) is 83.2 Å². The van der Waals surface area contributed by atoms with Gasteiger partial charge in [-0.3, -0.25) is 14.9 Å². The lowest BCUT2D eigenvalue weighted by Gasteiger charge is -2.10. The van der Waals surface area contributed by atoms with Crippen LogP contribution in [0.5, 0.6) is 0 Å². The number of carbonyl (C=O) groups is 2. The topological polar surface area (TPSA) is 84.0 Å². The fraction of sp³-hybridized carbons (Fsp3) is 0.154. The van der Waals surface area contributed by atoms with Crippen LogP contribution in [0.3, 0.4) is 0 Å². The number of nitrogens with one attached hydrogen (secondary N) is 2. The molecule has 8 heteroatoms. The lowest BCUT2D eigenvalue weighted by Crippen LogP contribution is -2.15. The Morgan fingerprint density at radius 1 is 0.853 bits per heavy atom. The Morgan fingerprint density at radius 3 is 2.32 bits per heavy atom. The number of hydrogen-bond donors (Lipinski definition) is 2. The van der Waals surface area contributed by atoms with Crippen molar-refractivity contribution in [3.05, 3.63) is 101 Å². The van der Waals surface area contributed by atoms with Crippen LogP contribution in [0.25, 0.3) is 0 Å². The smallest absolute Gasteiger partial charge is 0.257 e. The standard InChI is InChI=1S/C26H24N4O2S2/c1-18-14-15-21(17-22(18)27-23(31)20-12-6-3-7-13-20)24(32)28-25-29-30-26(34-25)33-16-8-11-19-9-4-2-5-10-19/h2-7,9-10,12-15,17H,8,11,16H2,1H3,(H,27,31)(H,28,29,32). The van der Waals surface area contributed by atoms with Gasteiger partial charge in [0, 0.05) is 22.6 Å². The second-order valence-electron chi connectivity index (χ2n) is 7.61. The second-order valence-corrected chi connectivity index (χ2v) is 9.93. The normalized spacial score (nSPS) is 10.6. The van der Waals surface area contributed by atoms with Crippen LogP contribution in [0.1, 0.15) is 38.3 Å². The summed E-state index contributed by atoms with van der Waals surface area (Å²) in [6.45, 7) is 1.88. The molecule has 4 rings (SSSR count). The van der Waals surface area contributed by atoms with Gasteiger partial charge in [0.05, 0.1) is 0 Å². The zero-order valence-electron chi connectivity index (χ0n) is 18.7. The van der Waals surface area contributed by atoms with Crippen molar-refractivity contribution in [1.82, 2.24) is 10.2 Å². The van der Waals surface area contributed by atoms with E-state index in [0.29, 0.717) is 21.9 Å². The lowest BCUT2D eigenvalue weighted by molar-refractivity contribution is 0.101. The summed E-state index contributed by atoms with van der Waals surface area (Å²) in [5, 5.41) is 14.4. The molecule has 172 valence electrons. The summed E-state index contributed by atoms with van der Waals surface area (Å²) in [4.78, 5) is 25.3. The first-order chi connectivity index (χ1) is 16.6. The molecule has 34 heavy (non-hydrogen) atoms. The van der Waals surface area contributed by atoms with Crippen LogP contribution in [-0.2, 0) is 6.42 Å². The molecule has 0 atom stereocenters. The fourth-order valence-corrected chi connectivity index (χ4v) is 5.01. The van der Waals surface area contributed by atoms with E-state index in [-0.39, 0.29) is 11.8 Å². The molecule has 0 radical (unpaired) electrons. The molecule has 1 aromatic heterocycles. The van der Waals surface area contributed by atoms with E-state index in [1.165, 1.54) is 16.9 Å². The van der Waals surface area contributed by atoms with E-state index in [0.717, 1.165) is 28.5 Å². The van der Waals surface area contributed by atoms with Crippen LogP contribution in [0, 0.1) is 6.92 Å². The van der Waals surface area contributed by atoms with Gasteiger partial charge in [-0.15, -0.1) is 10.2 Å². The zero-order valence-corrected chi connectivity index (χ0v) is 20.3. The maximum Gasteiger partial charge on any atom is 0.257 e. The molecular weight excluding hydrogens is 464 g/mol. The average Bonchev–Trinajstić information content (AvgIpc) is 3.31. The minimum Gasteiger partial charge on any atom is -0.322 e. The Balaban J connectivity index is 1.31. The van der Waals surface area contributed by atoms with Gasteiger partial charge in [-0.05, 0) is 55.2 Å². The van der Waals surface area contributed by atoms with Gasteiger partial charge in [0.15, 0.2) is 4.34 Å². The van der Waals surface area contributed by atoms with Gasteiger partial charge in [0.1, 0.15) is 0 Å². The van der Waals surface area contributed by atoms with Crippen molar-refractivity contribution in [2.75, 3.05) is 16.4 Å². The molecule has 1 heterocycles. The summed E-state index contributed by atoms with van der Waals surface area (Å²) in [5.74, 6) is 0.409. The second kappa shape index (κ2) is 11.6. The van der Waals surface area contributed by atoms with Crippen LogP contribution in [-0.4, -0.2) is 27.8 Å². The van der Waals surface area contributed by atoms with Crippen molar-refractivity contribution in [3.8, 4) is 0 Å². The minimum atomic E-state index is -0.299. The van der Waals surface area contributed by atoms with Gasteiger partial charge < -0.3 is 5.32 Å². The Kier molecular flexibility index (Phi) is 8.06. The van der Waals surface area contributed by atoms with Crippen molar-refractivity contribution >= 4 is 45.7 Å². The Hall–Kier alpha value is -3.49. The van der Waals surface area contributed by atoms with Gasteiger partial charge in [-0.1, -0.05) is 77.7 Å². The molecule has 0 spiro atoms. The predicted molar refractivity (Wildman–Crippen MR) is 139 cm³/mol. The van der Waals surface area contributed by atoms with E-state index >= 15 is 0 Å². The molecular formula is C26H24N4O2S2. The van der Waals surface area contributed by atoms with Crippen LogP contribution >= 0.6 is 23.1 Å². The third-order valence-corrected chi connectivity index (χ3v) is 7.15. The summed E-state index contributed by atoms with van der Waals surface area (Å²) >= 11 is 3.00. The highest BCUT2D eigenvalue weighted by molar-refractivity contribution is 8.01. The molecule has 0 aliphatic carbocycles.